The minimum absolute atomic E-state index is 0.250. The van der Waals surface area contributed by atoms with Gasteiger partial charge in [0.05, 0.1) is 5.56 Å². The van der Waals surface area contributed by atoms with E-state index in [0.29, 0.717) is 10.9 Å². The van der Waals surface area contributed by atoms with Crippen molar-refractivity contribution in [1.29, 1.82) is 0 Å². The Kier molecular flexibility index (Phi) is 9.73. The van der Waals surface area contributed by atoms with Crippen LogP contribution in [-0.2, 0) is 12.8 Å². The molecule has 0 N–H and O–H groups in total. The van der Waals surface area contributed by atoms with Crippen molar-refractivity contribution < 1.29 is 4.39 Å². The lowest BCUT2D eigenvalue weighted by molar-refractivity contribution is 0.632. The summed E-state index contributed by atoms with van der Waals surface area (Å²) in [7, 11) is 0. The van der Waals surface area contributed by atoms with Crippen molar-refractivity contribution in [3.8, 4) is 23.0 Å². The minimum atomic E-state index is -0.250. The second kappa shape index (κ2) is 13.6. The molecule has 0 amide bonds. The number of benzene rings is 4. The molecule has 0 spiro atoms. The van der Waals surface area contributed by atoms with Gasteiger partial charge in [-0.15, -0.1) is 0 Å². The van der Waals surface area contributed by atoms with E-state index < -0.39 is 0 Å². The lowest BCUT2D eigenvalue weighted by Crippen LogP contribution is -1.89. The molecule has 0 aliphatic heterocycles. The molecule has 1 heteroatoms. The van der Waals surface area contributed by atoms with Gasteiger partial charge < -0.3 is 0 Å². The summed E-state index contributed by atoms with van der Waals surface area (Å²) < 4.78 is 15.3. The number of fused-ring (bicyclic) bond motifs is 1. The number of rotatable bonds is 10. The maximum Gasteiger partial charge on any atom is 0.146 e. The summed E-state index contributed by atoms with van der Waals surface area (Å²) in [6.07, 6.45) is 13.9. The topological polar surface area (TPSA) is 0 Å². The third-order valence-electron chi connectivity index (χ3n) is 6.94. The van der Waals surface area contributed by atoms with Crippen molar-refractivity contribution in [3.63, 3.8) is 0 Å². The van der Waals surface area contributed by atoms with Crippen molar-refractivity contribution in [2.45, 2.75) is 65.2 Å². The average Bonchev–Trinajstić information content (AvgIpc) is 2.94. The first kappa shape index (κ1) is 26.4. The van der Waals surface area contributed by atoms with Gasteiger partial charge in [-0.1, -0.05) is 111 Å². The third-order valence-corrected chi connectivity index (χ3v) is 6.94. The van der Waals surface area contributed by atoms with Gasteiger partial charge in [0.15, 0.2) is 0 Å². The Morgan fingerprint density at radius 3 is 2.16 bits per heavy atom. The van der Waals surface area contributed by atoms with E-state index in [9.17, 15) is 0 Å². The quantitative estimate of drug-likeness (QED) is 0.118. The van der Waals surface area contributed by atoms with Crippen LogP contribution in [0.5, 0.6) is 0 Å². The van der Waals surface area contributed by atoms with Crippen LogP contribution in [0, 0.1) is 17.7 Å². The molecule has 0 heterocycles. The zero-order valence-corrected chi connectivity index (χ0v) is 22.2. The monoisotopic (exact) mass is 488 g/mol. The standard InChI is InChI=1S/C36H37F/c1-3-5-7-8-10-12-28-13-15-30(16-14-28)19-22-32-23-24-34-27-33(25-26-35(34)36(32)37)31-20-17-29(18-21-31)11-9-6-4-2/h4,6,13-18,20-21,23-27H,3,5,7-12H2,1-2H3/b6-4+. The van der Waals surface area contributed by atoms with Gasteiger partial charge in [-0.3, -0.25) is 0 Å². The van der Waals surface area contributed by atoms with Crippen LogP contribution in [0.3, 0.4) is 0 Å². The van der Waals surface area contributed by atoms with Gasteiger partial charge in [0.1, 0.15) is 5.82 Å². The fraction of sp³-hybridized carbons (Fsp3) is 0.278. The molecule has 4 aromatic rings. The van der Waals surface area contributed by atoms with Crippen molar-refractivity contribution in [1.82, 2.24) is 0 Å². The van der Waals surface area contributed by atoms with Crippen LogP contribution >= 0.6 is 0 Å². The highest BCUT2D eigenvalue weighted by molar-refractivity contribution is 5.89. The van der Waals surface area contributed by atoms with E-state index in [0.717, 1.165) is 41.3 Å². The Bertz CT molecular complexity index is 1380. The summed E-state index contributed by atoms with van der Waals surface area (Å²) in [5.41, 5.74) is 6.26. The zero-order valence-electron chi connectivity index (χ0n) is 22.2. The Balaban J connectivity index is 1.44. The van der Waals surface area contributed by atoms with E-state index in [2.05, 4.69) is 80.3 Å². The number of unbranched alkanes of at least 4 members (excludes halogenated alkanes) is 4. The second-order valence-corrected chi connectivity index (χ2v) is 9.78. The smallest absolute Gasteiger partial charge is 0.146 e. The third kappa shape index (κ3) is 7.43. The summed E-state index contributed by atoms with van der Waals surface area (Å²) in [5.74, 6) is 5.94. The lowest BCUT2D eigenvalue weighted by Gasteiger charge is -2.07. The predicted octanol–water partition coefficient (Wildman–Crippen LogP) is 10.1. The number of allylic oxidation sites excluding steroid dienone is 2. The molecular formula is C36H37F. The highest BCUT2D eigenvalue weighted by atomic mass is 19.1. The molecule has 0 bridgehead atoms. The van der Waals surface area contributed by atoms with E-state index in [-0.39, 0.29) is 5.82 Å². The van der Waals surface area contributed by atoms with Gasteiger partial charge in [0.25, 0.3) is 0 Å². The van der Waals surface area contributed by atoms with E-state index >= 15 is 4.39 Å². The molecule has 37 heavy (non-hydrogen) atoms. The molecule has 0 saturated heterocycles. The Morgan fingerprint density at radius 2 is 1.41 bits per heavy atom. The SMILES string of the molecule is C/C=C/CCc1ccc(-c2ccc3c(F)c(C#Cc4ccc(CCCCCCC)cc4)ccc3c2)cc1. The number of hydrogen-bond acceptors (Lipinski definition) is 0. The van der Waals surface area contributed by atoms with Gasteiger partial charge in [-0.2, -0.15) is 0 Å². The fourth-order valence-corrected chi connectivity index (χ4v) is 4.68. The Labute approximate surface area is 222 Å². The van der Waals surface area contributed by atoms with Gasteiger partial charge in [0.2, 0.25) is 0 Å². The molecule has 0 atom stereocenters. The molecule has 0 fully saturated rings. The molecule has 0 aromatic heterocycles. The van der Waals surface area contributed by atoms with Crippen LogP contribution in [0.15, 0.2) is 91.0 Å². The largest absolute Gasteiger partial charge is 0.205 e. The maximum absolute atomic E-state index is 15.3. The van der Waals surface area contributed by atoms with Crippen LogP contribution in [-0.4, -0.2) is 0 Å². The van der Waals surface area contributed by atoms with Gasteiger partial charge in [0, 0.05) is 10.9 Å². The lowest BCUT2D eigenvalue weighted by atomic mass is 9.98. The van der Waals surface area contributed by atoms with Gasteiger partial charge in [-0.25, -0.2) is 4.39 Å². The van der Waals surface area contributed by atoms with Crippen molar-refractivity contribution in [2.24, 2.45) is 0 Å². The highest BCUT2D eigenvalue weighted by Crippen LogP contribution is 2.28. The van der Waals surface area contributed by atoms with E-state index in [4.69, 9.17) is 0 Å². The molecule has 188 valence electrons. The zero-order chi connectivity index (χ0) is 25.9. The molecule has 0 aliphatic carbocycles. The Hall–Kier alpha value is -3.63. The summed E-state index contributed by atoms with van der Waals surface area (Å²) in [6, 6.07) is 26.8. The summed E-state index contributed by atoms with van der Waals surface area (Å²) in [4.78, 5) is 0. The molecule has 4 rings (SSSR count). The maximum atomic E-state index is 15.3. The molecule has 0 unspecified atom stereocenters. The fourth-order valence-electron chi connectivity index (χ4n) is 4.68. The molecule has 0 radical (unpaired) electrons. The van der Waals surface area contributed by atoms with Crippen LogP contribution < -0.4 is 0 Å². The first-order valence-corrected chi connectivity index (χ1v) is 13.7. The normalized spacial score (nSPS) is 11.1. The first-order valence-electron chi connectivity index (χ1n) is 13.7. The minimum Gasteiger partial charge on any atom is -0.205 e. The molecule has 4 aromatic carbocycles. The number of aryl methyl sites for hydroxylation is 2. The van der Waals surface area contributed by atoms with Crippen molar-refractivity contribution in [2.75, 3.05) is 0 Å². The Morgan fingerprint density at radius 1 is 0.703 bits per heavy atom. The summed E-state index contributed by atoms with van der Waals surface area (Å²) >= 11 is 0. The molecule has 0 saturated carbocycles. The summed E-state index contributed by atoms with van der Waals surface area (Å²) in [5, 5.41) is 1.50. The van der Waals surface area contributed by atoms with Crippen molar-refractivity contribution >= 4 is 10.8 Å². The molecular weight excluding hydrogens is 451 g/mol. The number of hydrogen-bond donors (Lipinski definition) is 0. The van der Waals surface area contributed by atoms with Crippen molar-refractivity contribution in [3.05, 3.63) is 119 Å². The number of halogens is 1. The van der Waals surface area contributed by atoms with Gasteiger partial charge >= 0.3 is 0 Å². The highest BCUT2D eigenvalue weighted by Gasteiger charge is 2.08. The molecule has 0 nitrogen and oxygen atoms in total. The van der Waals surface area contributed by atoms with Crippen LogP contribution in [0.25, 0.3) is 21.9 Å². The average molecular weight is 489 g/mol. The summed E-state index contributed by atoms with van der Waals surface area (Å²) in [6.45, 7) is 4.30. The van der Waals surface area contributed by atoms with E-state index in [1.807, 2.05) is 30.3 Å². The van der Waals surface area contributed by atoms with Crippen LogP contribution in [0.1, 0.15) is 74.6 Å². The predicted molar refractivity (Wildman–Crippen MR) is 157 cm³/mol. The molecule has 0 aliphatic rings. The van der Waals surface area contributed by atoms with Gasteiger partial charge in [-0.05, 0) is 84.5 Å². The van der Waals surface area contributed by atoms with Crippen LogP contribution in [0.4, 0.5) is 4.39 Å². The van der Waals surface area contributed by atoms with E-state index in [1.54, 1.807) is 6.07 Å². The second-order valence-electron chi connectivity index (χ2n) is 9.78. The van der Waals surface area contributed by atoms with E-state index in [1.165, 1.54) is 43.2 Å². The first-order chi connectivity index (χ1) is 18.2. The van der Waals surface area contributed by atoms with Crippen LogP contribution in [0.2, 0.25) is 0 Å².